The molecule has 0 saturated heterocycles. The van der Waals surface area contributed by atoms with Crippen LogP contribution in [0.25, 0.3) is 33.9 Å². The zero-order valence-corrected chi connectivity index (χ0v) is 21.3. The monoisotopic (exact) mass is 499 g/mol. The fourth-order valence-corrected chi connectivity index (χ4v) is 6.72. The van der Waals surface area contributed by atoms with Gasteiger partial charge in [-0.1, -0.05) is 133 Å². The van der Waals surface area contributed by atoms with Crippen LogP contribution in [0.4, 0.5) is 0 Å². The Labute approximate surface area is 227 Å². The molecule has 184 valence electrons. The molecule has 5 aromatic carbocycles. The molecule has 1 heterocycles. The number of aromatic nitrogens is 3. The molecule has 3 nitrogen and oxygen atoms in total. The molecule has 2 aliphatic rings. The van der Waals surface area contributed by atoms with Crippen molar-refractivity contribution < 1.29 is 0 Å². The highest BCUT2D eigenvalue weighted by atomic mass is 15.1. The lowest BCUT2D eigenvalue weighted by Crippen LogP contribution is -2.29. The Morgan fingerprint density at radius 1 is 0.462 bits per heavy atom. The molecule has 8 rings (SSSR count). The van der Waals surface area contributed by atoms with Crippen LogP contribution in [0, 0.1) is 0 Å². The van der Waals surface area contributed by atoms with Crippen molar-refractivity contribution in [3.63, 3.8) is 0 Å². The van der Waals surface area contributed by atoms with Gasteiger partial charge >= 0.3 is 0 Å². The fraction of sp³-hybridized carbons (Fsp3) is 0.0833. The van der Waals surface area contributed by atoms with Crippen LogP contribution in [0.2, 0.25) is 0 Å². The summed E-state index contributed by atoms with van der Waals surface area (Å²) in [6.07, 6.45) is 0.948. The number of hydrogen-bond donors (Lipinski definition) is 0. The maximum absolute atomic E-state index is 5.34. The number of nitrogens with zero attached hydrogens (tertiary/aromatic N) is 3. The van der Waals surface area contributed by atoms with Gasteiger partial charge in [-0.3, -0.25) is 0 Å². The Morgan fingerprint density at radius 3 is 1.64 bits per heavy atom. The van der Waals surface area contributed by atoms with Crippen LogP contribution in [-0.4, -0.2) is 15.0 Å². The lowest BCUT2D eigenvalue weighted by Gasteiger charge is -2.30. The van der Waals surface area contributed by atoms with Crippen molar-refractivity contribution in [2.75, 3.05) is 0 Å². The zero-order chi connectivity index (χ0) is 25.8. The second-order valence-electron chi connectivity index (χ2n) is 10.4. The Balaban J connectivity index is 1.43. The molecule has 3 heteroatoms. The molecule has 0 N–H and O–H groups in total. The van der Waals surface area contributed by atoms with Gasteiger partial charge in [-0.15, -0.1) is 0 Å². The number of hydrogen-bond acceptors (Lipinski definition) is 3. The van der Waals surface area contributed by atoms with E-state index in [9.17, 15) is 0 Å². The molecule has 0 atom stereocenters. The standard InChI is InChI=1S/C36H25N3/c1-3-13-24(14-4-1)26-17-7-8-20-29(26)34-37-33(25-15-5-2-6-16-25)38-35(39-34)36-23-30(27-18-9-11-21-31(27)36)28-19-10-12-22-32(28)36/h1-22,30H,23H2. The Kier molecular flexibility index (Phi) is 4.86. The molecule has 6 aromatic rings. The summed E-state index contributed by atoms with van der Waals surface area (Å²) < 4.78 is 0. The molecular weight excluding hydrogens is 474 g/mol. The SMILES string of the molecule is c1ccc(-c2nc(-c3ccccc3-c3ccccc3)nc(C34CC(c5ccccc53)c3ccccc34)n2)cc1. The molecule has 39 heavy (non-hydrogen) atoms. The van der Waals surface area contributed by atoms with Crippen molar-refractivity contribution in [2.45, 2.75) is 17.8 Å². The van der Waals surface area contributed by atoms with Crippen LogP contribution in [-0.2, 0) is 5.41 Å². The van der Waals surface area contributed by atoms with E-state index in [4.69, 9.17) is 15.0 Å². The molecule has 0 radical (unpaired) electrons. The highest BCUT2D eigenvalue weighted by Crippen LogP contribution is 2.62. The van der Waals surface area contributed by atoms with E-state index in [0.29, 0.717) is 17.6 Å². The molecule has 0 saturated carbocycles. The fourth-order valence-electron chi connectivity index (χ4n) is 6.72. The van der Waals surface area contributed by atoms with Gasteiger partial charge < -0.3 is 0 Å². The molecule has 0 amide bonds. The van der Waals surface area contributed by atoms with Gasteiger partial charge in [-0.25, -0.2) is 15.0 Å². The first-order chi connectivity index (χ1) is 19.3. The highest BCUT2D eigenvalue weighted by Gasteiger charge is 2.55. The molecule has 0 spiro atoms. The van der Waals surface area contributed by atoms with E-state index >= 15 is 0 Å². The third-order valence-corrected chi connectivity index (χ3v) is 8.40. The van der Waals surface area contributed by atoms with Gasteiger partial charge in [0.2, 0.25) is 0 Å². The first-order valence-corrected chi connectivity index (χ1v) is 13.5. The van der Waals surface area contributed by atoms with E-state index in [-0.39, 0.29) is 0 Å². The van der Waals surface area contributed by atoms with Crippen LogP contribution in [0.3, 0.4) is 0 Å². The van der Waals surface area contributed by atoms with Gasteiger partial charge in [0.25, 0.3) is 0 Å². The summed E-state index contributed by atoms with van der Waals surface area (Å²) in [4.78, 5) is 15.7. The van der Waals surface area contributed by atoms with Gasteiger partial charge in [-0.2, -0.15) is 0 Å². The summed E-state index contributed by atoms with van der Waals surface area (Å²) in [6.45, 7) is 0. The normalized spacial score (nSPS) is 18.5. The predicted molar refractivity (Wildman–Crippen MR) is 155 cm³/mol. The first kappa shape index (κ1) is 22.1. The second kappa shape index (κ2) is 8.57. The van der Waals surface area contributed by atoms with Gasteiger partial charge in [0.1, 0.15) is 5.82 Å². The van der Waals surface area contributed by atoms with Crippen molar-refractivity contribution >= 4 is 0 Å². The number of rotatable bonds is 4. The van der Waals surface area contributed by atoms with Crippen LogP contribution >= 0.6 is 0 Å². The summed E-state index contributed by atoms with van der Waals surface area (Å²) in [6, 6.07) is 46.9. The quantitative estimate of drug-likeness (QED) is 0.246. The molecule has 0 fully saturated rings. The summed E-state index contributed by atoms with van der Waals surface area (Å²) in [5.41, 5.74) is 9.28. The van der Waals surface area contributed by atoms with Crippen molar-refractivity contribution in [2.24, 2.45) is 0 Å². The number of fused-ring (bicyclic) bond motifs is 8. The van der Waals surface area contributed by atoms with E-state index in [1.807, 2.05) is 24.3 Å². The molecule has 1 aromatic heterocycles. The second-order valence-corrected chi connectivity index (χ2v) is 10.4. The minimum Gasteiger partial charge on any atom is -0.212 e. The minimum absolute atomic E-state index is 0.356. The van der Waals surface area contributed by atoms with Gasteiger partial charge in [0.05, 0.1) is 5.41 Å². The van der Waals surface area contributed by atoms with E-state index in [1.54, 1.807) is 0 Å². The summed E-state index contributed by atoms with van der Waals surface area (Å²) in [5.74, 6) is 2.60. The van der Waals surface area contributed by atoms with Crippen molar-refractivity contribution in [3.8, 4) is 33.9 Å². The predicted octanol–water partition coefficient (Wildman–Crippen LogP) is 8.06. The van der Waals surface area contributed by atoms with E-state index < -0.39 is 5.41 Å². The van der Waals surface area contributed by atoms with E-state index in [1.165, 1.54) is 22.3 Å². The molecule has 0 aliphatic heterocycles. The molecular formula is C36H25N3. The molecule has 2 bridgehead atoms. The Bertz CT molecular complexity index is 1800. The van der Waals surface area contributed by atoms with E-state index in [0.717, 1.165) is 34.5 Å². The third-order valence-electron chi connectivity index (χ3n) is 8.40. The summed E-state index contributed by atoms with van der Waals surface area (Å²) >= 11 is 0. The lowest BCUT2D eigenvalue weighted by molar-refractivity contribution is 0.588. The number of benzene rings is 5. The Morgan fingerprint density at radius 2 is 0.974 bits per heavy atom. The zero-order valence-electron chi connectivity index (χ0n) is 21.3. The van der Waals surface area contributed by atoms with Gasteiger partial charge in [0.15, 0.2) is 11.6 Å². The Hall–Kier alpha value is -4.89. The minimum atomic E-state index is -0.402. The van der Waals surface area contributed by atoms with E-state index in [2.05, 4.69) is 109 Å². The molecule has 0 unspecified atom stereocenters. The lowest BCUT2D eigenvalue weighted by atomic mass is 9.74. The highest BCUT2D eigenvalue weighted by molar-refractivity contribution is 5.81. The van der Waals surface area contributed by atoms with Crippen LogP contribution < -0.4 is 0 Å². The average molecular weight is 500 g/mol. The smallest absolute Gasteiger partial charge is 0.164 e. The van der Waals surface area contributed by atoms with Gasteiger partial charge in [-0.05, 0) is 39.8 Å². The largest absolute Gasteiger partial charge is 0.212 e. The van der Waals surface area contributed by atoms with Crippen molar-refractivity contribution in [1.82, 2.24) is 15.0 Å². The first-order valence-electron chi connectivity index (χ1n) is 13.5. The van der Waals surface area contributed by atoms with Crippen LogP contribution in [0.1, 0.15) is 40.4 Å². The van der Waals surface area contributed by atoms with Crippen molar-refractivity contribution in [3.05, 3.63) is 162 Å². The average Bonchev–Trinajstić information content (AvgIpc) is 3.56. The van der Waals surface area contributed by atoms with Crippen molar-refractivity contribution in [1.29, 1.82) is 0 Å². The van der Waals surface area contributed by atoms with Crippen LogP contribution in [0.5, 0.6) is 0 Å². The summed E-state index contributed by atoms with van der Waals surface area (Å²) in [5, 5.41) is 0. The third kappa shape index (κ3) is 3.26. The van der Waals surface area contributed by atoms with Gasteiger partial charge in [0, 0.05) is 17.0 Å². The molecule has 2 aliphatic carbocycles. The maximum Gasteiger partial charge on any atom is 0.164 e. The maximum atomic E-state index is 5.34. The topological polar surface area (TPSA) is 38.7 Å². The van der Waals surface area contributed by atoms with Crippen LogP contribution in [0.15, 0.2) is 133 Å². The summed E-state index contributed by atoms with van der Waals surface area (Å²) in [7, 11) is 0.